The van der Waals surface area contributed by atoms with Gasteiger partial charge in [-0.05, 0) is 36.6 Å². The van der Waals surface area contributed by atoms with Gasteiger partial charge in [0.1, 0.15) is 29.1 Å². The van der Waals surface area contributed by atoms with Crippen molar-refractivity contribution in [2.45, 2.75) is 31.8 Å². The lowest BCUT2D eigenvalue weighted by atomic mass is 9.88. The van der Waals surface area contributed by atoms with Crippen molar-refractivity contribution in [1.29, 1.82) is 0 Å². The molecule has 2 aliphatic heterocycles. The number of aromatic hydroxyl groups is 2. The summed E-state index contributed by atoms with van der Waals surface area (Å²) in [4.78, 5) is 0. The Labute approximate surface area is 141 Å². The van der Waals surface area contributed by atoms with Gasteiger partial charge in [-0.15, -0.1) is 0 Å². The molecule has 2 N–H and O–H groups in total. The van der Waals surface area contributed by atoms with Crippen LogP contribution in [0.25, 0.3) is 0 Å². The normalized spacial score (nSPS) is 21.4. The molecular weight excluding hydrogens is 304 g/mol. The van der Waals surface area contributed by atoms with Crippen molar-refractivity contribution in [2.75, 3.05) is 6.61 Å². The Balaban J connectivity index is 1.64. The topological polar surface area (TPSA) is 58.9 Å². The van der Waals surface area contributed by atoms with Crippen LogP contribution in [0.3, 0.4) is 0 Å². The molecule has 0 unspecified atom stereocenters. The van der Waals surface area contributed by atoms with E-state index >= 15 is 0 Å². The van der Waals surface area contributed by atoms with Crippen LogP contribution >= 0.6 is 0 Å². The Morgan fingerprint density at radius 1 is 1.17 bits per heavy atom. The van der Waals surface area contributed by atoms with E-state index < -0.39 is 0 Å². The van der Waals surface area contributed by atoms with E-state index in [0.29, 0.717) is 6.61 Å². The Bertz CT molecular complexity index is 825. The lowest BCUT2D eigenvalue weighted by molar-refractivity contribution is 0.257. The molecule has 4 nitrogen and oxygen atoms in total. The Morgan fingerprint density at radius 2 is 2.00 bits per heavy atom. The smallest absolute Gasteiger partial charge is 0.129 e. The van der Waals surface area contributed by atoms with Gasteiger partial charge in [0.15, 0.2) is 0 Å². The second-order valence-electron chi connectivity index (χ2n) is 6.64. The van der Waals surface area contributed by atoms with Crippen LogP contribution in [0.1, 0.15) is 29.5 Å². The molecular formula is C20H20O4. The van der Waals surface area contributed by atoms with Crippen LogP contribution < -0.4 is 9.47 Å². The third kappa shape index (κ3) is 2.39. The van der Waals surface area contributed by atoms with Gasteiger partial charge in [-0.1, -0.05) is 18.7 Å². The van der Waals surface area contributed by atoms with Gasteiger partial charge in [0.05, 0.1) is 6.61 Å². The maximum atomic E-state index is 10.1. The van der Waals surface area contributed by atoms with Crippen molar-refractivity contribution in [2.24, 2.45) is 0 Å². The summed E-state index contributed by atoms with van der Waals surface area (Å²) in [6, 6.07) is 8.77. The fraction of sp³-hybridized carbons (Fsp3) is 0.300. The highest BCUT2D eigenvalue weighted by atomic mass is 16.5. The van der Waals surface area contributed by atoms with Gasteiger partial charge >= 0.3 is 0 Å². The third-order valence-electron chi connectivity index (χ3n) is 4.86. The maximum Gasteiger partial charge on any atom is 0.129 e. The zero-order valence-electron chi connectivity index (χ0n) is 13.6. The largest absolute Gasteiger partial charge is 0.508 e. The molecule has 2 aromatic carbocycles. The zero-order chi connectivity index (χ0) is 16.8. The van der Waals surface area contributed by atoms with Crippen molar-refractivity contribution in [3.8, 4) is 23.0 Å². The van der Waals surface area contributed by atoms with E-state index in [-0.39, 0.29) is 23.5 Å². The average molecular weight is 324 g/mol. The minimum atomic E-state index is 0.0222. The minimum absolute atomic E-state index is 0.0222. The molecule has 124 valence electrons. The predicted octanol–water partition coefficient (Wildman–Crippen LogP) is 3.70. The third-order valence-corrected chi connectivity index (χ3v) is 4.86. The number of rotatable bonds is 2. The fourth-order valence-corrected chi connectivity index (χ4v) is 3.54. The number of phenolic OH excluding ortho intramolecular Hbond substituents is 2. The number of hydrogen-bond acceptors (Lipinski definition) is 4. The minimum Gasteiger partial charge on any atom is -0.508 e. The van der Waals surface area contributed by atoms with Crippen LogP contribution in [0.15, 0.2) is 42.5 Å². The molecule has 2 aliphatic rings. The number of benzene rings is 2. The van der Waals surface area contributed by atoms with Crippen molar-refractivity contribution in [1.82, 2.24) is 0 Å². The molecule has 0 aliphatic carbocycles. The molecule has 4 heteroatoms. The van der Waals surface area contributed by atoms with Crippen molar-refractivity contribution < 1.29 is 19.7 Å². The van der Waals surface area contributed by atoms with Crippen molar-refractivity contribution in [3.63, 3.8) is 0 Å². The van der Waals surface area contributed by atoms with E-state index in [1.807, 2.05) is 19.1 Å². The van der Waals surface area contributed by atoms with Gasteiger partial charge < -0.3 is 19.7 Å². The lowest BCUT2D eigenvalue weighted by Gasteiger charge is -2.27. The molecule has 24 heavy (non-hydrogen) atoms. The molecule has 0 saturated carbocycles. The Kier molecular flexibility index (Phi) is 3.41. The number of hydrogen-bond donors (Lipinski definition) is 2. The fourth-order valence-electron chi connectivity index (χ4n) is 3.54. The molecule has 0 bridgehead atoms. The second kappa shape index (κ2) is 5.48. The van der Waals surface area contributed by atoms with Crippen LogP contribution in [0.2, 0.25) is 0 Å². The van der Waals surface area contributed by atoms with Crippen LogP contribution in [0.5, 0.6) is 23.0 Å². The monoisotopic (exact) mass is 324 g/mol. The molecule has 0 fully saturated rings. The molecule has 2 aromatic rings. The first kappa shape index (κ1) is 14.9. The summed E-state index contributed by atoms with van der Waals surface area (Å²) in [5.41, 5.74) is 4.06. The molecule has 2 atom stereocenters. The Morgan fingerprint density at radius 3 is 2.75 bits per heavy atom. The highest BCUT2D eigenvalue weighted by molar-refractivity contribution is 5.55. The van der Waals surface area contributed by atoms with E-state index in [0.717, 1.165) is 46.6 Å². The first-order chi connectivity index (χ1) is 11.5. The summed E-state index contributed by atoms with van der Waals surface area (Å²) < 4.78 is 12.0. The van der Waals surface area contributed by atoms with Crippen LogP contribution in [-0.4, -0.2) is 22.9 Å². The highest BCUT2D eigenvalue weighted by Gasteiger charge is 2.32. The lowest BCUT2D eigenvalue weighted by Crippen LogP contribution is -2.20. The second-order valence-corrected chi connectivity index (χ2v) is 6.64. The molecule has 0 amide bonds. The summed E-state index contributed by atoms with van der Waals surface area (Å²) >= 11 is 0. The van der Waals surface area contributed by atoms with Gasteiger partial charge in [0.25, 0.3) is 0 Å². The van der Waals surface area contributed by atoms with E-state index in [9.17, 15) is 10.2 Å². The summed E-state index contributed by atoms with van der Waals surface area (Å²) in [5.74, 6) is 2.04. The number of ether oxygens (including phenoxy) is 2. The van der Waals surface area contributed by atoms with Gasteiger partial charge in [-0.25, -0.2) is 0 Å². The molecule has 0 saturated heterocycles. The van der Waals surface area contributed by atoms with Crippen molar-refractivity contribution >= 4 is 0 Å². The van der Waals surface area contributed by atoms with Gasteiger partial charge in [0, 0.05) is 29.5 Å². The first-order valence-corrected chi connectivity index (χ1v) is 8.14. The molecule has 0 spiro atoms. The van der Waals surface area contributed by atoms with E-state index in [1.165, 1.54) is 6.07 Å². The maximum absolute atomic E-state index is 10.1. The van der Waals surface area contributed by atoms with Gasteiger partial charge in [-0.3, -0.25) is 0 Å². The van der Waals surface area contributed by atoms with Gasteiger partial charge in [-0.2, -0.15) is 0 Å². The van der Waals surface area contributed by atoms with Crippen LogP contribution in [0.4, 0.5) is 0 Å². The molecule has 4 rings (SSSR count). The summed E-state index contributed by atoms with van der Waals surface area (Å²) in [5, 5.41) is 19.6. The average Bonchev–Trinajstić information content (AvgIpc) is 2.99. The molecule has 2 heterocycles. The standard InChI is InChI=1S/C20H20O4/c1-11(2)19-9-16-18(24-19)6-3-12-7-13(10-23-20(12)16)15-5-4-14(21)8-17(15)22/h3-6,8,13,19,21-22H,1,7,9-10H2,2H3/t13-,19+/m1/s1. The molecule has 0 radical (unpaired) electrons. The molecule has 0 aromatic heterocycles. The summed E-state index contributed by atoms with van der Waals surface area (Å²) in [6.07, 6.45) is 1.61. The Hall–Kier alpha value is -2.62. The van der Waals surface area contributed by atoms with E-state index in [1.54, 1.807) is 12.1 Å². The quantitative estimate of drug-likeness (QED) is 0.827. The SMILES string of the molecule is C=C(C)[C@@H]1Cc2c(ccc3c2OC[C@H](c2ccc(O)cc2O)C3)O1. The van der Waals surface area contributed by atoms with Crippen LogP contribution in [0, 0.1) is 0 Å². The number of fused-ring (bicyclic) bond motifs is 3. The van der Waals surface area contributed by atoms with E-state index in [2.05, 4.69) is 6.58 Å². The van der Waals surface area contributed by atoms with Crippen molar-refractivity contribution in [3.05, 3.63) is 59.2 Å². The summed E-state index contributed by atoms with van der Waals surface area (Å²) in [6.45, 7) is 6.47. The zero-order valence-corrected chi connectivity index (χ0v) is 13.6. The van der Waals surface area contributed by atoms with Crippen LogP contribution in [-0.2, 0) is 12.8 Å². The van der Waals surface area contributed by atoms with Gasteiger partial charge in [0.2, 0.25) is 0 Å². The number of phenols is 2. The first-order valence-electron chi connectivity index (χ1n) is 8.14. The predicted molar refractivity (Wildman–Crippen MR) is 91.1 cm³/mol. The van der Waals surface area contributed by atoms with E-state index in [4.69, 9.17) is 9.47 Å². The highest BCUT2D eigenvalue weighted by Crippen LogP contribution is 2.44. The summed E-state index contributed by atoms with van der Waals surface area (Å²) in [7, 11) is 0.